The van der Waals surface area contributed by atoms with E-state index in [0.29, 0.717) is 6.17 Å². The molecule has 1 atom stereocenters. The molecule has 1 heterocycles. The van der Waals surface area contributed by atoms with Crippen molar-refractivity contribution in [3.05, 3.63) is 12.4 Å². The van der Waals surface area contributed by atoms with Gasteiger partial charge in [0.05, 0.1) is 0 Å². The molecule has 0 amide bonds. The van der Waals surface area contributed by atoms with Crippen LogP contribution >= 0.6 is 0 Å². The van der Waals surface area contributed by atoms with E-state index < -0.39 is 0 Å². The van der Waals surface area contributed by atoms with Crippen LogP contribution < -0.4 is 0 Å². The van der Waals surface area contributed by atoms with E-state index >= 15 is 0 Å². The molecule has 0 aliphatic carbocycles. The van der Waals surface area contributed by atoms with Crippen LogP contribution in [0.15, 0.2) is 12.4 Å². The summed E-state index contributed by atoms with van der Waals surface area (Å²) < 4.78 is 0. The Hall–Kier alpha value is -0.660. The summed E-state index contributed by atoms with van der Waals surface area (Å²) in [5.41, 5.74) is 0. The van der Waals surface area contributed by atoms with Crippen LogP contribution in [0.1, 0.15) is 323 Å². The fourth-order valence-corrected chi connectivity index (χ4v) is 9.55. The first kappa shape index (κ1) is 54.4. The fourth-order valence-electron chi connectivity index (χ4n) is 9.55. The summed E-state index contributed by atoms with van der Waals surface area (Å²) in [6.07, 6.45) is 73.8. The Kier molecular flexibility index (Phi) is 44.3. The standard InChI is InChI=1S/C55H110N2/c1-4-7-10-13-16-19-22-25-28-29-31-34-37-40-43-46-49-52-57-54-53-56(51-48-45-42-39-36-33-30-26-23-20-17-14-11-8-5-2)55(57)50-47-44-41-38-35-32-27-24-21-18-15-12-9-6-3/h53-55H,4-52H2,1-3H3. The molecule has 0 radical (unpaired) electrons. The van der Waals surface area contributed by atoms with Gasteiger partial charge < -0.3 is 9.80 Å². The highest BCUT2D eigenvalue weighted by Crippen LogP contribution is 2.24. The summed E-state index contributed by atoms with van der Waals surface area (Å²) in [6, 6.07) is 0. The van der Waals surface area contributed by atoms with Gasteiger partial charge in [-0.3, -0.25) is 0 Å². The molecule has 2 heteroatoms. The normalized spacial score (nSPS) is 14.2. The number of hydrogen-bond acceptors (Lipinski definition) is 2. The van der Waals surface area contributed by atoms with E-state index in [4.69, 9.17) is 0 Å². The molecule has 2 nitrogen and oxygen atoms in total. The maximum atomic E-state index is 2.75. The van der Waals surface area contributed by atoms with Crippen molar-refractivity contribution in [2.75, 3.05) is 13.1 Å². The second-order valence-corrected chi connectivity index (χ2v) is 19.2. The molecule has 0 N–H and O–H groups in total. The minimum absolute atomic E-state index is 0.634. The van der Waals surface area contributed by atoms with Crippen molar-refractivity contribution in [3.63, 3.8) is 0 Å². The quantitative estimate of drug-likeness (QED) is 0.0566. The molecule has 0 spiro atoms. The van der Waals surface area contributed by atoms with Crippen LogP contribution in [0.25, 0.3) is 0 Å². The van der Waals surface area contributed by atoms with Gasteiger partial charge in [0.25, 0.3) is 0 Å². The van der Waals surface area contributed by atoms with Crippen molar-refractivity contribution in [2.24, 2.45) is 0 Å². The summed E-state index contributed by atoms with van der Waals surface area (Å²) in [7, 11) is 0. The number of hydrogen-bond donors (Lipinski definition) is 0. The lowest BCUT2D eigenvalue weighted by molar-refractivity contribution is 0.135. The Labute approximate surface area is 362 Å². The zero-order valence-corrected chi connectivity index (χ0v) is 40.3. The lowest BCUT2D eigenvalue weighted by Gasteiger charge is -2.33. The predicted octanol–water partition coefficient (Wildman–Crippen LogP) is 19.8. The first-order valence-electron chi connectivity index (χ1n) is 27.5. The lowest BCUT2D eigenvalue weighted by atomic mass is 10.0. The molecule has 1 unspecified atom stereocenters. The molecular weight excluding hydrogens is 689 g/mol. The Morgan fingerprint density at radius 2 is 0.404 bits per heavy atom. The van der Waals surface area contributed by atoms with Gasteiger partial charge >= 0.3 is 0 Å². The van der Waals surface area contributed by atoms with Gasteiger partial charge in [0.15, 0.2) is 0 Å². The number of rotatable bonds is 49. The molecule has 340 valence electrons. The third-order valence-electron chi connectivity index (χ3n) is 13.6. The summed E-state index contributed by atoms with van der Waals surface area (Å²) in [5, 5.41) is 0. The molecule has 0 saturated heterocycles. The largest absolute Gasteiger partial charge is 0.356 e. The van der Waals surface area contributed by atoms with Crippen molar-refractivity contribution in [3.8, 4) is 0 Å². The van der Waals surface area contributed by atoms with Gasteiger partial charge in [0, 0.05) is 25.5 Å². The van der Waals surface area contributed by atoms with Gasteiger partial charge in [-0.2, -0.15) is 0 Å². The highest BCUT2D eigenvalue weighted by atomic mass is 15.4. The van der Waals surface area contributed by atoms with E-state index in [9.17, 15) is 0 Å². The first-order valence-corrected chi connectivity index (χ1v) is 27.5. The Balaban J connectivity index is 2.19. The van der Waals surface area contributed by atoms with Crippen LogP contribution in [0.2, 0.25) is 0 Å². The zero-order chi connectivity index (χ0) is 40.8. The van der Waals surface area contributed by atoms with Gasteiger partial charge in [-0.15, -0.1) is 0 Å². The predicted molar refractivity (Wildman–Crippen MR) is 260 cm³/mol. The number of unbranched alkanes of at least 4 members (excludes halogenated alkanes) is 43. The van der Waals surface area contributed by atoms with E-state index in [-0.39, 0.29) is 0 Å². The molecule has 1 aliphatic rings. The van der Waals surface area contributed by atoms with Crippen molar-refractivity contribution in [2.45, 2.75) is 329 Å². The van der Waals surface area contributed by atoms with Gasteiger partial charge in [-0.05, 0) is 25.7 Å². The van der Waals surface area contributed by atoms with Gasteiger partial charge in [0.2, 0.25) is 0 Å². The summed E-state index contributed by atoms with van der Waals surface area (Å²) in [5.74, 6) is 0. The number of nitrogens with zero attached hydrogens (tertiary/aromatic N) is 2. The van der Waals surface area contributed by atoms with E-state index in [2.05, 4.69) is 43.0 Å². The first-order chi connectivity index (χ1) is 28.3. The summed E-state index contributed by atoms with van der Waals surface area (Å²) >= 11 is 0. The minimum Gasteiger partial charge on any atom is -0.356 e. The van der Waals surface area contributed by atoms with E-state index in [1.54, 1.807) is 0 Å². The zero-order valence-electron chi connectivity index (χ0n) is 40.3. The van der Waals surface area contributed by atoms with E-state index in [0.717, 1.165) is 0 Å². The van der Waals surface area contributed by atoms with Gasteiger partial charge in [-0.25, -0.2) is 0 Å². The second kappa shape index (κ2) is 46.4. The van der Waals surface area contributed by atoms with Crippen molar-refractivity contribution in [1.82, 2.24) is 9.80 Å². The minimum atomic E-state index is 0.634. The van der Waals surface area contributed by atoms with Crippen molar-refractivity contribution >= 4 is 0 Å². The summed E-state index contributed by atoms with van der Waals surface area (Å²) in [6.45, 7) is 9.50. The van der Waals surface area contributed by atoms with Crippen LogP contribution in [-0.2, 0) is 0 Å². The Morgan fingerprint density at radius 1 is 0.228 bits per heavy atom. The average Bonchev–Trinajstić information content (AvgIpc) is 3.61. The van der Waals surface area contributed by atoms with Crippen LogP contribution in [-0.4, -0.2) is 29.1 Å². The molecule has 1 rings (SSSR count). The third-order valence-corrected chi connectivity index (χ3v) is 13.6. The SMILES string of the molecule is CCCCCCCCCCCCCCCCCCCN1C=CN(CCCCCCCCCCCCCCCCC)C1CCCCCCCCCCCCCCCC. The average molecular weight is 799 g/mol. The Morgan fingerprint density at radius 3 is 0.614 bits per heavy atom. The van der Waals surface area contributed by atoms with E-state index in [1.807, 2.05) is 0 Å². The van der Waals surface area contributed by atoms with Gasteiger partial charge in [-0.1, -0.05) is 297 Å². The lowest BCUT2D eigenvalue weighted by Crippen LogP contribution is -2.39. The highest BCUT2D eigenvalue weighted by Gasteiger charge is 2.25. The maximum absolute atomic E-state index is 2.75. The molecule has 57 heavy (non-hydrogen) atoms. The van der Waals surface area contributed by atoms with Crippen molar-refractivity contribution in [1.29, 1.82) is 0 Å². The smallest absolute Gasteiger partial charge is 0.101 e. The third kappa shape index (κ3) is 38.0. The highest BCUT2D eigenvalue weighted by molar-refractivity contribution is 4.97. The van der Waals surface area contributed by atoms with Gasteiger partial charge in [0.1, 0.15) is 6.17 Å². The molecule has 0 aromatic carbocycles. The van der Waals surface area contributed by atoms with Crippen molar-refractivity contribution < 1.29 is 0 Å². The van der Waals surface area contributed by atoms with E-state index in [1.165, 1.54) is 315 Å². The Bertz CT molecular complexity index is 762. The molecule has 0 aromatic rings. The summed E-state index contributed by atoms with van der Waals surface area (Å²) in [4.78, 5) is 5.50. The fraction of sp³-hybridized carbons (Fsp3) is 0.964. The molecule has 0 saturated carbocycles. The van der Waals surface area contributed by atoms with Crippen LogP contribution in [0, 0.1) is 0 Å². The molecule has 0 aromatic heterocycles. The maximum Gasteiger partial charge on any atom is 0.101 e. The monoisotopic (exact) mass is 799 g/mol. The second-order valence-electron chi connectivity index (χ2n) is 19.2. The molecule has 0 bridgehead atoms. The molecule has 0 fully saturated rings. The topological polar surface area (TPSA) is 6.48 Å². The van der Waals surface area contributed by atoms with Crippen LogP contribution in [0.3, 0.4) is 0 Å². The molecule has 1 aliphatic heterocycles. The molecular formula is C55H110N2. The van der Waals surface area contributed by atoms with Crippen LogP contribution in [0.4, 0.5) is 0 Å². The van der Waals surface area contributed by atoms with Crippen LogP contribution in [0.5, 0.6) is 0 Å².